The Balaban J connectivity index is 2.28. The van der Waals surface area contributed by atoms with Crippen molar-refractivity contribution in [1.29, 1.82) is 0 Å². The topological polar surface area (TPSA) is 55.1 Å². The number of rotatable bonds is 2. The lowest BCUT2D eigenvalue weighted by Gasteiger charge is -2.09. The van der Waals surface area contributed by atoms with Gasteiger partial charge in [-0.15, -0.1) is 0 Å². The summed E-state index contributed by atoms with van der Waals surface area (Å²) in [5.74, 6) is -3.17. The van der Waals surface area contributed by atoms with E-state index in [0.29, 0.717) is 11.3 Å². The Bertz CT molecular complexity index is 663. The summed E-state index contributed by atoms with van der Waals surface area (Å²) in [5.41, 5.74) is 5.12. The summed E-state index contributed by atoms with van der Waals surface area (Å²) in [4.78, 5) is 11.9. The van der Waals surface area contributed by atoms with Crippen LogP contribution >= 0.6 is 0 Å². The number of nitrogens with two attached hydrogens (primary N) is 1. The Hall–Kier alpha value is -2.50. The Morgan fingerprint density at radius 2 is 1.70 bits per heavy atom. The summed E-state index contributed by atoms with van der Waals surface area (Å²) in [6.45, 7) is 1.60. The van der Waals surface area contributed by atoms with E-state index in [2.05, 4.69) is 5.32 Å². The molecule has 0 aliphatic rings. The predicted molar refractivity (Wildman–Crippen MR) is 69.9 cm³/mol. The predicted octanol–water partition coefficient (Wildman–Crippen LogP) is 3.25. The first-order valence-electron chi connectivity index (χ1n) is 5.70. The molecule has 2 rings (SSSR count). The molecule has 1 amide bonds. The Kier molecular flexibility index (Phi) is 3.65. The number of benzene rings is 2. The second-order valence-electron chi connectivity index (χ2n) is 4.27. The number of anilines is 2. The van der Waals surface area contributed by atoms with E-state index in [0.717, 1.165) is 12.1 Å². The highest BCUT2D eigenvalue weighted by atomic mass is 19.1. The van der Waals surface area contributed by atoms with Gasteiger partial charge in [-0.05, 0) is 42.8 Å². The van der Waals surface area contributed by atoms with Gasteiger partial charge in [0.05, 0.1) is 0 Å². The van der Waals surface area contributed by atoms with Gasteiger partial charge in [-0.1, -0.05) is 0 Å². The lowest BCUT2D eigenvalue weighted by molar-refractivity contribution is 0.102. The Morgan fingerprint density at radius 3 is 2.25 bits per heavy atom. The second-order valence-corrected chi connectivity index (χ2v) is 4.27. The zero-order valence-corrected chi connectivity index (χ0v) is 10.5. The van der Waals surface area contributed by atoms with E-state index in [1.165, 1.54) is 18.2 Å². The van der Waals surface area contributed by atoms with Crippen LogP contribution < -0.4 is 11.1 Å². The van der Waals surface area contributed by atoms with Crippen LogP contribution in [0.3, 0.4) is 0 Å². The summed E-state index contributed by atoms with van der Waals surface area (Å²) in [5, 5.41) is 2.45. The average Bonchev–Trinajstić information content (AvgIpc) is 2.38. The van der Waals surface area contributed by atoms with Crippen LogP contribution in [0.4, 0.5) is 24.5 Å². The molecule has 0 bridgehead atoms. The molecule has 0 saturated heterocycles. The monoisotopic (exact) mass is 280 g/mol. The Labute approximate surface area is 113 Å². The molecule has 0 fully saturated rings. The van der Waals surface area contributed by atoms with Crippen molar-refractivity contribution >= 4 is 17.3 Å². The molecule has 0 atom stereocenters. The van der Waals surface area contributed by atoms with Crippen LogP contribution in [0, 0.1) is 24.4 Å². The minimum absolute atomic E-state index is 0.210. The smallest absolute Gasteiger partial charge is 0.255 e. The van der Waals surface area contributed by atoms with Gasteiger partial charge < -0.3 is 11.1 Å². The van der Waals surface area contributed by atoms with Crippen LogP contribution in [-0.2, 0) is 0 Å². The van der Waals surface area contributed by atoms with Gasteiger partial charge in [0.2, 0.25) is 0 Å². The normalized spacial score (nSPS) is 10.4. The largest absolute Gasteiger partial charge is 0.394 e. The summed E-state index contributed by atoms with van der Waals surface area (Å²) in [7, 11) is 0. The third-order valence-corrected chi connectivity index (χ3v) is 2.78. The average molecular weight is 280 g/mol. The highest BCUT2D eigenvalue weighted by molar-refractivity contribution is 6.04. The van der Waals surface area contributed by atoms with Crippen molar-refractivity contribution in [3.05, 3.63) is 58.9 Å². The second kappa shape index (κ2) is 5.24. The highest BCUT2D eigenvalue weighted by Gasteiger charge is 2.14. The minimum Gasteiger partial charge on any atom is -0.394 e. The van der Waals surface area contributed by atoms with Gasteiger partial charge in [0.25, 0.3) is 5.91 Å². The van der Waals surface area contributed by atoms with Crippen LogP contribution in [0.1, 0.15) is 15.9 Å². The number of hydrogen-bond acceptors (Lipinski definition) is 2. The van der Waals surface area contributed by atoms with Gasteiger partial charge in [0.1, 0.15) is 23.1 Å². The van der Waals surface area contributed by atoms with Crippen molar-refractivity contribution < 1.29 is 18.0 Å². The number of amides is 1. The molecular formula is C14H11F3N2O. The van der Waals surface area contributed by atoms with Crippen LogP contribution in [0.2, 0.25) is 0 Å². The maximum Gasteiger partial charge on any atom is 0.255 e. The quantitative estimate of drug-likeness (QED) is 0.830. The van der Waals surface area contributed by atoms with E-state index in [9.17, 15) is 18.0 Å². The standard InChI is InChI=1S/C14H11F3N2O/c1-7-4-9(15)2-3-12(7)19-14(20)8-5-10(16)13(18)11(17)6-8/h2-6H,18H2,1H3,(H,19,20). The summed E-state index contributed by atoms with van der Waals surface area (Å²) < 4.78 is 39.5. The molecule has 3 nitrogen and oxygen atoms in total. The van der Waals surface area contributed by atoms with Gasteiger partial charge in [-0.25, -0.2) is 13.2 Å². The molecular weight excluding hydrogens is 269 g/mol. The van der Waals surface area contributed by atoms with Crippen molar-refractivity contribution in [2.45, 2.75) is 6.92 Å². The van der Waals surface area contributed by atoms with E-state index in [1.54, 1.807) is 6.92 Å². The van der Waals surface area contributed by atoms with E-state index >= 15 is 0 Å². The summed E-state index contributed by atoms with van der Waals surface area (Å²) >= 11 is 0. The van der Waals surface area contributed by atoms with E-state index in [-0.39, 0.29) is 5.56 Å². The molecule has 0 radical (unpaired) electrons. The van der Waals surface area contributed by atoms with Crippen LogP contribution in [-0.4, -0.2) is 5.91 Å². The number of nitrogens with one attached hydrogen (secondary N) is 1. The molecule has 6 heteroatoms. The lowest BCUT2D eigenvalue weighted by atomic mass is 10.1. The molecule has 0 unspecified atom stereocenters. The molecule has 3 N–H and O–H groups in total. The first-order valence-corrected chi connectivity index (χ1v) is 5.70. The SMILES string of the molecule is Cc1cc(F)ccc1NC(=O)c1cc(F)c(N)c(F)c1. The zero-order chi connectivity index (χ0) is 14.9. The molecule has 2 aromatic rings. The van der Waals surface area contributed by atoms with Crippen molar-refractivity contribution in [2.24, 2.45) is 0 Å². The number of aryl methyl sites for hydroxylation is 1. The Morgan fingerprint density at radius 1 is 1.10 bits per heavy atom. The number of nitrogen functional groups attached to an aromatic ring is 1. The van der Waals surface area contributed by atoms with Gasteiger partial charge in [-0.2, -0.15) is 0 Å². The first kappa shape index (κ1) is 13.9. The van der Waals surface area contributed by atoms with Crippen molar-refractivity contribution in [3.63, 3.8) is 0 Å². The lowest BCUT2D eigenvalue weighted by Crippen LogP contribution is -2.14. The van der Waals surface area contributed by atoms with Crippen LogP contribution in [0.5, 0.6) is 0 Å². The number of carbonyl (C=O) groups is 1. The third-order valence-electron chi connectivity index (χ3n) is 2.78. The van der Waals surface area contributed by atoms with Gasteiger partial charge in [-0.3, -0.25) is 4.79 Å². The molecule has 104 valence electrons. The molecule has 0 aliphatic carbocycles. The maximum atomic E-state index is 13.3. The van der Waals surface area contributed by atoms with E-state index < -0.39 is 29.0 Å². The molecule has 0 aromatic heterocycles. The van der Waals surface area contributed by atoms with Crippen LogP contribution in [0.25, 0.3) is 0 Å². The van der Waals surface area contributed by atoms with E-state index in [4.69, 9.17) is 5.73 Å². The number of halogens is 3. The molecule has 20 heavy (non-hydrogen) atoms. The van der Waals surface area contributed by atoms with E-state index in [1.807, 2.05) is 0 Å². The highest BCUT2D eigenvalue weighted by Crippen LogP contribution is 2.20. The number of hydrogen-bond donors (Lipinski definition) is 2. The fourth-order valence-corrected chi connectivity index (χ4v) is 1.68. The van der Waals surface area contributed by atoms with Crippen molar-refractivity contribution in [1.82, 2.24) is 0 Å². The van der Waals surface area contributed by atoms with Gasteiger partial charge >= 0.3 is 0 Å². The molecule has 0 heterocycles. The van der Waals surface area contributed by atoms with Crippen molar-refractivity contribution in [2.75, 3.05) is 11.1 Å². The fraction of sp³-hybridized carbons (Fsp3) is 0.0714. The minimum atomic E-state index is -1.01. The number of carbonyl (C=O) groups excluding carboxylic acids is 1. The van der Waals surface area contributed by atoms with Crippen molar-refractivity contribution in [3.8, 4) is 0 Å². The molecule has 2 aromatic carbocycles. The third kappa shape index (κ3) is 2.74. The maximum absolute atomic E-state index is 13.3. The fourth-order valence-electron chi connectivity index (χ4n) is 1.68. The van der Waals surface area contributed by atoms with Crippen LogP contribution in [0.15, 0.2) is 30.3 Å². The van der Waals surface area contributed by atoms with Gasteiger partial charge in [0, 0.05) is 11.3 Å². The molecule has 0 spiro atoms. The molecule has 0 aliphatic heterocycles. The summed E-state index contributed by atoms with van der Waals surface area (Å²) in [6.07, 6.45) is 0. The zero-order valence-electron chi connectivity index (χ0n) is 10.5. The molecule has 0 saturated carbocycles. The first-order chi connectivity index (χ1) is 9.38. The van der Waals surface area contributed by atoms with Gasteiger partial charge in [0.15, 0.2) is 0 Å². The summed E-state index contributed by atoms with van der Waals surface area (Å²) in [6, 6.07) is 5.46.